The Labute approximate surface area is 139 Å². The van der Waals surface area contributed by atoms with Crippen LogP contribution in [0.3, 0.4) is 0 Å². The summed E-state index contributed by atoms with van der Waals surface area (Å²) in [5.74, 6) is 0.474. The number of hydrogen-bond acceptors (Lipinski definition) is 3. The van der Waals surface area contributed by atoms with Gasteiger partial charge in [0.2, 0.25) is 5.91 Å². The Morgan fingerprint density at radius 2 is 2.00 bits per heavy atom. The van der Waals surface area contributed by atoms with E-state index in [2.05, 4.69) is 52.3 Å². The van der Waals surface area contributed by atoms with Crippen LogP contribution < -0.4 is 10.6 Å². The van der Waals surface area contributed by atoms with Gasteiger partial charge in [0, 0.05) is 10.0 Å². The summed E-state index contributed by atoms with van der Waals surface area (Å²) >= 11 is 3.40. The molecule has 0 fully saturated rings. The second-order valence-electron chi connectivity index (χ2n) is 6.16. The molecule has 0 radical (unpaired) electrons. The van der Waals surface area contributed by atoms with Crippen LogP contribution in [-0.4, -0.2) is 16.4 Å². The Bertz CT molecular complexity index is 648. The molecule has 1 heterocycles. The molecular weight excluding hydrogens is 342 g/mol. The van der Waals surface area contributed by atoms with Crippen molar-refractivity contribution in [3.63, 3.8) is 0 Å². The van der Waals surface area contributed by atoms with E-state index in [-0.39, 0.29) is 11.4 Å². The van der Waals surface area contributed by atoms with Gasteiger partial charge in [0.1, 0.15) is 5.82 Å². The van der Waals surface area contributed by atoms with Gasteiger partial charge in [-0.2, -0.15) is 0 Å². The van der Waals surface area contributed by atoms with E-state index < -0.39 is 0 Å². The van der Waals surface area contributed by atoms with Gasteiger partial charge in [-0.05, 0) is 50.6 Å². The van der Waals surface area contributed by atoms with Gasteiger partial charge in [-0.25, -0.2) is 4.98 Å². The molecule has 0 spiro atoms. The van der Waals surface area contributed by atoms with Crippen LogP contribution in [0.4, 0.5) is 11.5 Å². The van der Waals surface area contributed by atoms with E-state index in [1.165, 1.54) is 0 Å². The average molecular weight is 362 g/mol. The fourth-order valence-electron chi connectivity index (χ4n) is 1.99. The number of amides is 1. The van der Waals surface area contributed by atoms with Crippen LogP contribution in [0.1, 0.15) is 26.3 Å². The van der Waals surface area contributed by atoms with Gasteiger partial charge in [-0.1, -0.05) is 28.1 Å². The van der Waals surface area contributed by atoms with Gasteiger partial charge < -0.3 is 10.6 Å². The minimum Gasteiger partial charge on any atom is -0.379 e. The molecule has 0 saturated heterocycles. The highest BCUT2D eigenvalue weighted by molar-refractivity contribution is 9.10. The lowest BCUT2D eigenvalue weighted by atomic mass is 10.1. The fraction of sp³-hybridized carbons (Fsp3) is 0.294. The number of nitrogens with zero attached hydrogens (tertiary/aromatic N) is 1. The van der Waals surface area contributed by atoms with Crippen LogP contribution >= 0.6 is 15.9 Å². The third-order valence-electron chi connectivity index (χ3n) is 2.80. The third-order valence-corrected chi connectivity index (χ3v) is 3.30. The first-order valence-electron chi connectivity index (χ1n) is 7.10. The summed E-state index contributed by atoms with van der Waals surface area (Å²) in [7, 11) is 0. The highest BCUT2D eigenvalue weighted by Crippen LogP contribution is 2.16. The number of nitrogens with one attached hydrogen (secondary N) is 2. The normalized spacial score (nSPS) is 11.1. The maximum atomic E-state index is 12.0. The van der Waals surface area contributed by atoms with Crippen LogP contribution in [0.15, 0.2) is 47.1 Å². The number of aromatic nitrogens is 1. The van der Waals surface area contributed by atoms with Crippen molar-refractivity contribution in [3.8, 4) is 0 Å². The van der Waals surface area contributed by atoms with E-state index in [1.54, 1.807) is 12.3 Å². The number of halogens is 1. The molecule has 2 N–H and O–H groups in total. The first-order chi connectivity index (χ1) is 10.3. The third kappa shape index (κ3) is 5.48. The highest BCUT2D eigenvalue weighted by Gasteiger charge is 2.10. The number of rotatable bonds is 4. The summed E-state index contributed by atoms with van der Waals surface area (Å²) in [6, 6.07) is 11.4. The molecule has 4 nitrogen and oxygen atoms in total. The molecule has 0 aliphatic heterocycles. The van der Waals surface area contributed by atoms with E-state index in [4.69, 9.17) is 0 Å². The van der Waals surface area contributed by atoms with Crippen molar-refractivity contribution in [1.82, 2.24) is 4.98 Å². The van der Waals surface area contributed by atoms with Crippen molar-refractivity contribution in [1.29, 1.82) is 0 Å². The molecule has 0 unspecified atom stereocenters. The van der Waals surface area contributed by atoms with Gasteiger partial charge >= 0.3 is 0 Å². The Kier molecular flexibility index (Phi) is 5.19. The van der Waals surface area contributed by atoms with Crippen molar-refractivity contribution in [2.24, 2.45) is 0 Å². The van der Waals surface area contributed by atoms with Gasteiger partial charge in [-0.3, -0.25) is 4.79 Å². The summed E-state index contributed by atoms with van der Waals surface area (Å²) in [6.45, 7) is 6.25. The van der Waals surface area contributed by atoms with Crippen LogP contribution in [0.5, 0.6) is 0 Å². The van der Waals surface area contributed by atoms with Gasteiger partial charge in [0.15, 0.2) is 0 Å². The van der Waals surface area contributed by atoms with Crippen molar-refractivity contribution >= 4 is 33.3 Å². The molecule has 0 aliphatic rings. The maximum absolute atomic E-state index is 12.0. The minimum atomic E-state index is -0.0814. The maximum Gasteiger partial charge on any atom is 0.229 e. The Morgan fingerprint density at radius 1 is 1.23 bits per heavy atom. The van der Waals surface area contributed by atoms with Crippen molar-refractivity contribution in [3.05, 3.63) is 52.6 Å². The minimum absolute atomic E-state index is 0.0207. The lowest BCUT2D eigenvalue weighted by Crippen LogP contribution is -2.26. The zero-order valence-corrected chi connectivity index (χ0v) is 14.6. The number of anilines is 2. The van der Waals surface area contributed by atoms with Crippen molar-refractivity contribution < 1.29 is 4.79 Å². The summed E-state index contributed by atoms with van der Waals surface area (Å²) in [5, 5.41) is 6.13. The second-order valence-corrected chi connectivity index (χ2v) is 7.08. The Hall–Kier alpha value is -1.88. The summed E-state index contributed by atoms with van der Waals surface area (Å²) in [5.41, 5.74) is 1.86. The van der Waals surface area contributed by atoms with Crippen molar-refractivity contribution in [2.45, 2.75) is 32.7 Å². The van der Waals surface area contributed by atoms with Gasteiger partial charge in [0.25, 0.3) is 0 Å². The molecule has 1 amide bonds. The number of carbonyl (C=O) groups is 1. The lowest BCUT2D eigenvalue weighted by molar-refractivity contribution is -0.115. The molecular formula is C17H20BrN3O. The van der Waals surface area contributed by atoms with E-state index >= 15 is 0 Å². The van der Waals surface area contributed by atoms with Crippen LogP contribution in [0.25, 0.3) is 0 Å². The van der Waals surface area contributed by atoms with Crippen molar-refractivity contribution in [2.75, 3.05) is 10.6 Å². The molecule has 5 heteroatoms. The summed E-state index contributed by atoms with van der Waals surface area (Å²) < 4.78 is 0.966. The number of carbonyl (C=O) groups excluding carboxylic acids is 1. The predicted octanol–water partition coefficient (Wildman–Crippen LogP) is 4.24. The first-order valence-corrected chi connectivity index (χ1v) is 7.90. The first kappa shape index (κ1) is 16.5. The van der Waals surface area contributed by atoms with Crippen LogP contribution in [0.2, 0.25) is 0 Å². The molecule has 1 aromatic carbocycles. The zero-order valence-electron chi connectivity index (χ0n) is 13.0. The monoisotopic (exact) mass is 361 g/mol. The predicted molar refractivity (Wildman–Crippen MR) is 94.1 cm³/mol. The molecule has 0 saturated carbocycles. The number of pyridine rings is 1. The average Bonchev–Trinajstić information content (AvgIpc) is 2.39. The van der Waals surface area contributed by atoms with Gasteiger partial charge in [-0.15, -0.1) is 0 Å². The van der Waals surface area contributed by atoms with E-state index in [0.717, 1.165) is 15.7 Å². The largest absolute Gasteiger partial charge is 0.379 e. The van der Waals surface area contributed by atoms with E-state index in [0.29, 0.717) is 12.2 Å². The molecule has 2 rings (SSSR count). The Balaban J connectivity index is 1.94. The number of hydrogen-bond donors (Lipinski definition) is 2. The molecule has 0 aliphatic carbocycles. The molecule has 22 heavy (non-hydrogen) atoms. The SMILES string of the molecule is CC(C)(C)Nc1ccc(NC(=O)Cc2cccc(Br)c2)nc1. The Morgan fingerprint density at radius 3 is 2.59 bits per heavy atom. The standard InChI is InChI=1S/C17H20BrN3O/c1-17(2,3)21-14-7-8-15(19-11-14)20-16(22)10-12-5-4-6-13(18)9-12/h4-9,11,21H,10H2,1-3H3,(H,19,20,22). The van der Waals surface area contributed by atoms with Crippen LogP contribution in [-0.2, 0) is 11.2 Å². The molecule has 1 aromatic heterocycles. The smallest absolute Gasteiger partial charge is 0.229 e. The highest BCUT2D eigenvalue weighted by atomic mass is 79.9. The molecule has 116 valence electrons. The fourth-order valence-corrected chi connectivity index (χ4v) is 2.44. The molecule has 0 bridgehead atoms. The van der Waals surface area contributed by atoms with Crippen LogP contribution in [0, 0.1) is 0 Å². The topological polar surface area (TPSA) is 54.0 Å². The summed E-state index contributed by atoms with van der Waals surface area (Å²) in [6.07, 6.45) is 2.04. The van der Waals surface area contributed by atoms with E-state index in [1.807, 2.05) is 30.3 Å². The zero-order chi connectivity index (χ0) is 16.2. The molecule has 2 aromatic rings. The number of benzene rings is 1. The van der Waals surface area contributed by atoms with E-state index in [9.17, 15) is 4.79 Å². The second kappa shape index (κ2) is 6.92. The quantitative estimate of drug-likeness (QED) is 0.856. The molecule has 0 atom stereocenters. The lowest BCUT2D eigenvalue weighted by Gasteiger charge is -2.21. The summed E-state index contributed by atoms with van der Waals surface area (Å²) in [4.78, 5) is 16.3. The van der Waals surface area contributed by atoms with Gasteiger partial charge in [0.05, 0.1) is 18.3 Å².